The maximum atomic E-state index is 3.29. The summed E-state index contributed by atoms with van der Waals surface area (Å²) < 4.78 is 0. The zero-order valence-electron chi connectivity index (χ0n) is 11.3. The van der Waals surface area contributed by atoms with Crippen molar-refractivity contribution in [3.63, 3.8) is 0 Å². The Balaban J connectivity index is 1.98. The van der Waals surface area contributed by atoms with E-state index in [-0.39, 0.29) is 0 Å². The van der Waals surface area contributed by atoms with Crippen LogP contribution in [0.25, 0.3) is 0 Å². The quantitative estimate of drug-likeness (QED) is 0.857. The second-order valence-corrected chi connectivity index (χ2v) is 5.32. The molecule has 1 aromatic carbocycles. The molecule has 1 saturated heterocycles. The van der Waals surface area contributed by atoms with Gasteiger partial charge < -0.3 is 5.32 Å². The van der Waals surface area contributed by atoms with Crippen molar-refractivity contribution in [3.8, 4) is 0 Å². The number of nitrogens with zero attached hydrogens (tertiary/aromatic N) is 1. The molecule has 0 aromatic heterocycles. The zero-order chi connectivity index (χ0) is 12.3. The Bertz CT molecular complexity index is 353. The molecule has 1 aliphatic heterocycles. The van der Waals surface area contributed by atoms with E-state index in [2.05, 4.69) is 42.3 Å². The number of hydrogen-bond acceptors (Lipinski definition) is 2. The van der Waals surface area contributed by atoms with Gasteiger partial charge in [-0.1, -0.05) is 18.2 Å². The molecule has 94 valence electrons. The van der Waals surface area contributed by atoms with Gasteiger partial charge in [0.15, 0.2) is 0 Å². The minimum Gasteiger partial charge on any atom is -0.319 e. The summed E-state index contributed by atoms with van der Waals surface area (Å²) in [5.74, 6) is 0.837. The highest BCUT2D eigenvalue weighted by Crippen LogP contribution is 2.21. The molecule has 1 aromatic rings. The fraction of sp³-hybridized carbons (Fsp3) is 0.600. The van der Waals surface area contributed by atoms with Crippen LogP contribution in [0.5, 0.6) is 0 Å². The van der Waals surface area contributed by atoms with E-state index >= 15 is 0 Å². The van der Waals surface area contributed by atoms with Gasteiger partial charge in [-0.15, -0.1) is 0 Å². The van der Waals surface area contributed by atoms with E-state index in [1.54, 1.807) is 0 Å². The van der Waals surface area contributed by atoms with Crippen LogP contribution in [0.1, 0.15) is 23.1 Å². The lowest BCUT2D eigenvalue weighted by Gasteiger charge is -2.19. The van der Waals surface area contributed by atoms with E-state index in [9.17, 15) is 0 Å². The number of likely N-dealkylation sites (tertiary alicyclic amines) is 1. The monoisotopic (exact) mass is 232 g/mol. The minimum absolute atomic E-state index is 0.837. The summed E-state index contributed by atoms with van der Waals surface area (Å²) in [5.41, 5.74) is 4.39. The standard InChI is InChI=1S/C15H24N2/c1-12-5-4-6-13(2)15(12)11-17-8-7-14(10-17)9-16-3/h4-6,14,16H,7-11H2,1-3H3. The van der Waals surface area contributed by atoms with Crippen molar-refractivity contribution in [3.05, 3.63) is 34.9 Å². The molecule has 2 nitrogen and oxygen atoms in total. The first-order valence-corrected chi connectivity index (χ1v) is 6.62. The third kappa shape index (κ3) is 3.08. The van der Waals surface area contributed by atoms with Crippen molar-refractivity contribution >= 4 is 0 Å². The van der Waals surface area contributed by atoms with Crippen LogP contribution in [-0.2, 0) is 6.54 Å². The fourth-order valence-electron chi connectivity index (χ4n) is 2.83. The van der Waals surface area contributed by atoms with E-state index < -0.39 is 0 Å². The SMILES string of the molecule is CNCC1CCN(Cc2c(C)cccc2C)C1. The van der Waals surface area contributed by atoms with Crippen LogP contribution in [0.3, 0.4) is 0 Å². The van der Waals surface area contributed by atoms with Crippen LogP contribution < -0.4 is 5.32 Å². The maximum absolute atomic E-state index is 3.29. The highest BCUT2D eigenvalue weighted by Gasteiger charge is 2.22. The van der Waals surface area contributed by atoms with Crippen molar-refractivity contribution in [2.75, 3.05) is 26.7 Å². The van der Waals surface area contributed by atoms with Gasteiger partial charge in [-0.05, 0) is 63.0 Å². The van der Waals surface area contributed by atoms with Crippen LogP contribution in [0.2, 0.25) is 0 Å². The van der Waals surface area contributed by atoms with E-state index in [1.165, 1.54) is 36.2 Å². The molecule has 0 bridgehead atoms. The molecule has 1 N–H and O–H groups in total. The summed E-state index contributed by atoms with van der Waals surface area (Å²) in [4.78, 5) is 2.59. The van der Waals surface area contributed by atoms with Gasteiger partial charge in [-0.3, -0.25) is 4.90 Å². The van der Waals surface area contributed by atoms with E-state index in [4.69, 9.17) is 0 Å². The van der Waals surface area contributed by atoms with E-state index in [1.807, 2.05) is 7.05 Å². The molecule has 0 saturated carbocycles. The Labute approximate surface area is 105 Å². The molecule has 17 heavy (non-hydrogen) atoms. The van der Waals surface area contributed by atoms with Gasteiger partial charge >= 0.3 is 0 Å². The van der Waals surface area contributed by atoms with Crippen molar-refractivity contribution in [1.82, 2.24) is 10.2 Å². The van der Waals surface area contributed by atoms with Crippen LogP contribution in [0, 0.1) is 19.8 Å². The average molecular weight is 232 g/mol. The molecule has 0 radical (unpaired) electrons. The van der Waals surface area contributed by atoms with E-state index in [0.717, 1.165) is 19.0 Å². The second kappa shape index (κ2) is 5.65. The Morgan fingerprint density at radius 2 is 2.00 bits per heavy atom. The lowest BCUT2D eigenvalue weighted by Crippen LogP contribution is -2.24. The first-order chi connectivity index (χ1) is 8.20. The van der Waals surface area contributed by atoms with Gasteiger partial charge in [-0.2, -0.15) is 0 Å². The molecule has 1 heterocycles. The topological polar surface area (TPSA) is 15.3 Å². The highest BCUT2D eigenvalue weighted by molar-refractivity contribution is 5.33. The summed E-state index contributed by atoms with van der Waals surface area (Å²) in [6.45, 7) is 9.23. The molecule has 2 rings (SSSR count). The third-order valence-electron chi connectivity index (χ3n) is 3.89. The Kier molecular flexibility index (Phi) is 4.19. The molecule has 1 unspecified atom stereocenters. The number of benzene rings is 1. The summed E-state index contributed by atoms with van der Waals surface area (Å²) in [7, 11) is 2.05. The van der Waals surface area contributed by atoms with Gasteiger partial charge in [0, 0.05) is 13.1 Å². The lowest BCUT2D eigenvalue weighted by molar-refractivity contribution is 0.314. The highest BCUT2D eigenvalue weighted by atomic mass is 15.1. The zero-order valence-corrected chi connectivity index (χ0v) is 11.3. The predicted octanol–water partition coefficient (Wildman–Crippen LogP) is 2.34. The number of rotatable bonds is 4. The van der Waals surface area contributed by atoms with E-state index in [0.29, 0.717) is 0 Å². The van der Waals surface area contributed by atoms with Crippen molar-refractivity contribution in [2.24, 2.45) is 5.92 Å². The maximum Gasteiger partial charge on any atom is 0.0239 e. The van der Waals surface area contributed by atoms with Crippen LogP contribution >= 0.6 is 0 Å². The van der Waals surface area contributed by atoms with Crippen LogP contribution in [0.4, 0.5) is 0 Å². The van der Waals surface area contributed by atoms with Gasteiger partial charge in [-0.25, -0.2) is 0 Å². The van der Waals surface area contributed by atoms with Crippen LogP contribution in [-0.4, -0.2) is 31.6 Å². The summed E-state index contributed by atoms with van der Waals surface area (Å²) in [5, 5.41) is 3.29. The fourth-order valence-corrected chi connectivity index (χ4v) is 2.83. The van der Waals surface area contributed by atoms with Gasteiger partial charge in [0.1, 0.15) is 0 Å². The Morgan fingerprint density at radius 1 is 1.29 bits per heavy atom. The summed E-state index contributed by atoms with van der Waals surface area (Å²) in [6, 6.07) is 6.61. The Hall–Kier alpha value is -0.860. The van der Waals surface area contributed by atoms with Crippen LogP contribution in [0.15, 0.2) is 18.2 Å². The first-order valence-electron chi connectivity index (χ1n) is 6.62. The molecule has 1 fully saturated rings. The molecule has 1 aliphatic rings. The average Bonchev–Trinajstić information content (AvgIpc) is 2.72. The first kappa shape index (κ1) is 12.6. The van der Waals surface area contributed by atoms with Gasteiger partial charge in [0.25, 0.3) is 0 Å². The van der Waals surface area contributed by atoms with Gasteiger partial charge in [0.2, 0.25) is 0 Å². The van der Waals surface area contributed by atoms with Gasteiger partial charge in [0.05, 0.1) is 0 Å². The normalized spacial score (nSPS) is 21.0. The molecule has 1 atom stereocenters. The second-order valence-electron chi connectivity index (χ2n) is 5.32. The number of hydrogen-bond donors (Lipinski definition) is 1. The smallest absolute Gasteiger partial charge is 0.0239 e. The molecule has 0 spiro atoms. The summed E-state index contributed by atoms with van der Waals surface area (Å²) in [6.07, 6.45) is 1.34. The van der Waals surface area contributed by atoms with Crippen molar-refractivity contribution < 1.29 is 0 Å². The predicted molar refractivity (Wildman–Crippen MR) is 73.2 cm³/mol. The Morgan fingerprint density at radius 3 is 2.65 bits per heavy atom. The molecular formula is C15H24N2. The number of aryl methyl sites for hydroxylation is 2. The van der Waals surface area contributed by atoms with Crippen molar-refractivity contribution in [2.45, 2.75) is 26.8 Å². The molecule has 0 aliphatic carbocycles. The van der Waals surface area contributed by atoms with Crippen molar-refractivity contribution in [1.29, 1.82) is 0 Å². The lowest BCUT2D eigenvalue weighted by atomic mass is 10.0. The third-order valence-corrected chi connectivity index (χ3v) is 3.89. The molecular weight excluding hydrogens is 208 g/mol. The minimum atomic E-state index is 0.837. The number of nitrogens with one attached hydrogen (secondary N) is 1. The molecule has 2 heteroatoms. The largest absolute Gasteiger partial charge is 0.319 e. The summed E-state index contributed by atoms with van der Waals surface area (Å²) >= 11 is 0. The molecule has 0 amide bonds.